The molecule has 0 fully saturated rings. The van der Waals surface area contributed by atoms with Crippen molar-refractivity contribution in [3.8, 4) is 0 Å². The fraction of sp³-hybridized carbons (Fsp3) is 0.923. The van der Waals surface area contributed by atoms with Gasteiger partial charge in [-0.1, -0.05) is 20.8 Å². The van der Waals surface area contributed by atoms with Gasteiger partial charge in [0.25, 0.3) is 0 Å². The minimum Gasteiger partial charge on any atom is -0.375 e. The van der Waals surface area contributed by atoms with Crippen molar-refractivity contribution < 1.29 is 9.53 Å². The van der Waals surface area contributed by atoms with E-state index in [0.717, 1.165) is 19.4 Å². The number of nitrogens with one attached hydrogen (secondary N) is 1. The SMILES string of the molecule is CC(=O)NCCC(C)(C)OCCC(C)(C)C. The summed E-state index contributed by atoms with van der Waals surface area (Å²) in [6.07, 6.45) is 1.90. The topological polar surface area (TPSA) is 38.3 Å². The van der Waals surface area contributed by atoms with Gasteiger partial charge in [0.1, 0.15) is 0 Å². The number of ether oxygens (including phenoxy) is 1. The van der Waals surface area contributed by atoms with Crippen molar-refractivity contribution in [2.45, 2.75) is 60.0 Å². The summed E-state index contributed by atoms with van der Waals surface area (Å²) in [7, 11) is 0. The summed E-state index contributed by atoms with van der Waals surface area (Å²) >= 11 is 0. The molecular weight excluding hydrogens is 202 g/mol. The molecule has 0 bridgehead atoms. The molecule has 0 aromatic carbocycles. The molecule has 16 heavy (non-hydrogen) atoms. The maximum atomic E-state index is 10.7. The van der Waals surface area contributed by atoms with E-state index in [1.165, 1.54) is 6.92 Å². The third-order valence-electron chi connectivity index (χ3n) is 2.45. The Morgan fingerprint density at radius 2 is 1.69 bits per heavy atom. The molecule has 0 aromatic heterocycles. The number of carbonyl (C=O) groups excluding carboxylic acids is 1. The monoisotopic (exact) mass is 229 g/mol. The summed E-state index contributed by atoms with van der Waals surface area (Å²) in [5, 5.41) is 2.79. The summed E-state index contributed by atoms with van der Waals surface area (Å²) in [6.45, 7) is 13.7. The highest BCUT2D eigenvalue weighted by Crippen LogP contribution is 2.21. The van der Waals surface area contributed by atoms with Crippen LogP contribution in [0.1, 0.15) is 54.4 Å². The molecule has 0 spiro atoms. The van der Waals surface area contributed by atoms with Crippen molar-refractivity contribution in [1.82, 2.24) is 5.32 Å². The standard InChI is InChI=1S/C13H27NO2/c1-11(15)14-9-7-13(5,6)16-10-8-12(2,3)4/h7-10H2,1-6H3,(H,14,15). The summed E-state index contributed by atoms with van der Waals surface area (Å²) in [5.74, 6) is 0.0190. The molecule has 0 saturated carbocycles. The summed E-state index contributed by atoms with van der Waals surface area (Å²) < 4.78 is 5.84. The van der Waals surface area contributed by atoms with Crippen LogP contribution in [0.2, 0.25) is 0 Å². The molecule has 0 heterocycles. The molecule has 0 rings (SSSR count). The lowest BCUT2D eigenvalue weighted by Gasteiger charge is -2.27. The van der Waals surface area contributed by atoms with Crippen molar-refractivity contribution in [3.63, 3.8) is 0 Å². The highest BCUT2D eigenvalue weighted by molar-refractivity contribution is 5.72. The van der Waals surface area contributed by atoms with Crippen molar-refractivity contribution in [2.75, 3.05) is 13.2 Å². The number of hydrogen-bond donors (Lipinski definition) is 1. The lowest BCUT2D eigenvalue weighted by molar-refractivity contribution is -0.119. The second kappa shape index (κ2) is 6.24. The van der Waals surface area contributed by atoms with Gasteiger partial charge < -0.3 is 10.1 Å². The molecule has 3 nitrogen and oxygen atoms in total. The molecule has 1 amide bonds. The van der Waals surface area contributed by atoms with E-state index in [-0.39, 0.29) is 11.5 Å². The van der Waals surface area contributed by atoms with Gasteiger partial charge in [-0.3, -0.25) is 4.79 Å². The molecule has 0 unspecified atom stereocenters. The molecule has 0 aromatic rings. The zero-order valence-electron chi connectivity index (χ0n) is 11.6. The normalized spacial score (nSPS) is 12.6. The molecule has 0 aliphatic rings. The Bertz CT molecular complexity index is 216. The predicted molar refractivity (Wildman–Crippen MR) is 67.4 cm³/mol. The Labute approximate surface area is 99.9 Å². The lowest BCUT2D eigenvalue weighted by Crippen LogP contribution is -2.32. The Morgan fingerprint density at radius 3 is 2.12 bits per heavy atom. The average molecular weight is 229 g/mol. The van der Waals surface area contributed by atoms with Crippen LogP contribution >= 0.6 is 0 Å². The van der Waals surface area contributed by atoms with Crippen LogP contribution in [-0.2, 0) is 9.53 Å². The van der Waals surface area contributed by atoms with E-state index in [0.29, 0.717) is 12.0 Å². The molecule has 3 heteroatoms. The van der Waals surface area contributed by atoms with E-state index < -0.39 is 0 Å². The molecule has 0 saturated heterocycles. The molecule has 0 radical (unpaired) electrons. The van der Waals surface area contributed by atoms with Crippen LogP contribution in [0.3, 0.4) is 0 Å². The van der Waals surface area contributed by atoms with Gasteiger partial charge in [0, 0.05) is 20.1 Å². The van der Waals surface area contributed by atoms with Gasteiger partial charge in [-0.25, -0.2) is 0 Å². The maximum Gasteiger partial charge on any atom is 0.216 e. The number of carbonyl (C=O) groups is 1. The Kier molecular flexibility index (Phi) is 6.01. The second-order valence-corrected chi connectivity index (χ2v) is 6.15. The summed E-state index contributed by atoms with van der Waals surface area (Å²) in [5.41, 5.74) is 0.154. The predicted octanol–water partition coefficient (Wildman–Crippen LogP) is 2.74. The fourth-order valence-corrected chi connectivity index (χ4v) is 1.25. The van der Waals surface area contributed by atoms with Gasteiger partial charge in [0.2, 0.25) is 5.91 Å². The van der Waals surface area contributed by atoms with Crippen molar-refractivity contribution in [1.29, 1.82) is 0 Å². The second-order valence-electron chi connectivity index (χ2n) is 6.15. The largest absolute Gasteiger partial charge is 0.375 e. The first-order valence-electron chi connectivity index (χ1n) is 6.01. The quantitative estimate of drug-likeness (QED) is 0.760. The first-order chi connectivity index (χ1) is 7.12. The van der Waals surface area contributed by atoms with Crippen LogP contribution in [-0.4, -0.2) is 24.7 Å². The van der Waals surface area contributed by atoms with Crippen molar-refractivity contribution >= 4 is 5.91 Å². The van der Waals surface area contributed by atoms with Crippen molar-refractivity contribution in [2.24, 2.45) is 5.41 Å². The van der Waals surface area contributed by atoms with Gasteiger partial charge in [-0.15, -0.1) is 0 Å². The first kappa shape index (κ1) is 15.4. The van der Waals surface area contributed by atoms with Gasteiger partial charge >= 0.3 is 0 Å². The lowest BCUT2D eigenvalue weighted by atomic mass is 9.93. The van der Waals surface area contributed by atoms with Gasteiger partial charge in [-0.2, -0.15) is 0 Å². The molecule has 96 valence electrons. The van der Waals surface area contributed by atoms with Crippen LogP contribution < -0.4 is 5.32 Å². The van der Waals surface area contributed by atoms with Gasteiger partial charge in [-0.05, 0) is 32.1 Å². The van der Waals surface area contributed by atoms with Crippen LogP contribution in [0, 0.1) is 5.41 Å². The highest BCUT2D eigenvalue weighted by atomic mass is 16.5. The van der Waals surface area contributed by atoms with E-state index in [9.17, 15) is 4.79 Å². The van der Waals surface area contributed by atoms with E-state index in [2.05, 4.69) is 39.9 Å². The molecular formula is C13H27NO2. The molecule has 0 atom stereocenters. The molecule has 0 aliphatic carbocycles. The third-order valence-corrected chi connectivity index (χ3v) is 2.45. The summed E-state index contributed by atoms with van der Waals surface area (Å²) in [4.78, 5) is 10.7. The Morgan fingerprint density at radius 1 is 1.12 bits per heavy atom. The van der Waals surface area contributed by atoms with Crippen LogP contribution in [0.5, 0.6) is 0 Å². The van der Waals surface area contributed by atoms with Crippen molar-refractivity contribution in [3.05, 3.63) is 0 Å². The first-order valence-corrected chi connectivity index (χ1v) is 6.01. The van der Waals surface area contributed by atoms with E-state index >= 15 is 0 Å². The highest BCUT2D eigenvalue weighted by Gasteiger charge is 2.19. The smallest absolute Gasteiger partial charge is 0.216 e. The Balaban J connectivity index is 3.74. The zero-order chi connectivity index (χ0) is 12.8. The molecule has 0 aliphatic heterocycles. The van der Waals surface area contributed by atoms with Crippen LogP contribution in [0.4, 0.5) is 0 Å². The van der Waals surface area contributed by atoms with Gasteiger partial charge in [0.15, 0.2) is 0 Å². The van der Waals surface area contributed by atoms with Crippen LogP contribution in [0.15, 0.2) is 0 Å². The average Bonchev–Trinajstić information content (AvgIpc) is 1.99. The molecule has 1 N–H and O–H groups in total. The number of hydrogen-bond acceptors (Lipinski definition) is 2. The fourth-order valence-electron chi connectivity index (χ4n) is 1.25. The Hall–Kier alpha value is -0.570. The summed E-state index contributed by atoms with van der Waals surface area (Å²) in [6, 6.07) is 0. The van der Waals surface area contributed by atoms with E-state index in [1.807, 2.05) is 0 Å². The van der Waals surface area contributed by atoms with Crippen LogP contribution in [0.25, 0.3) is 0 Å². The van der Waals surface area contributed by atoms with Gasteiger partial charge in [0.05, 0.1) is 5.60 Å². The van der Waals surface area contributed by atoms with E-state index in [1.54, 1.807) is 0 Å². The minimum atomic E-state index is -0.159. The minimum absolute atomic E-state index is 0.0190. The number of amides is 1. The third kappa shape index (κ3) is 9.97. The number of rotatable bonds is 6. The van der Waals surface area contributed by atoms with E-state index in [4.69, 9.17) is 4.74 Å². The maximum absolute atomic E-state index is 10.7. The zero-order valence-corrected chi connectivity index (χ0v) is 11.6.